The lowest BCUT2D eigenvalue weighted by atomic mass is 10.0. The van der Waals surface area contributed by atoms with Crippen LogP contribution in [-0.4, -0.2) is 0 Å². The number of fused-ring (bicyclic) bond motifs is 3. The molecule has 1 aliphatic carbocycles. The average Bonchev–Trinajstić information content (AvgIpc) is 2.58. The predicted octanol–water partition coefficient (Wildman–Crippen LogP) is 3.71. The Kier molecular flexibility index (Phi) is 1.69. The van der Waals surface area contributed by atoms with Crippen LogP contribution in [0, 0.1) is 12.7 Å². The van der Waals surface area contributed by atoms with Gasteiger partial charge in [-0.15, -0.1) is 0 Å². The van der Waals surface area contributed by atoms with E-state index in [0.29, 0.717) is 0 Å². The molecule has 0 spiro atoms. The SMILES string of the molecule is Cc1cccc2c1-c1c(F)cccc1C2. The van der Waals surface area contributed by atoms with Crippen LogP contribution in [0.1, 0.15) is 16.7 Å². The van der Waals surface area contributed by atoms with Gasteiger partial charge in [-0.2, -0.15) is 0 Å². The Morgan fingerprint density at radius 1 is 0.933 bits per heavy atom. The average molecular weight is 198 g/mol. The van der Waals surface area contributed by atoms with Crippen molar-refractivity contribution in [2.24, 2.45) is 0 Å². The molecule has 0 aromatic heterocycles. The highest BCUT2D eigenvalue weighted by molar-refractivity contribution is 5.79. The Hall–Kier alpha value is -1.63. The Morgan fingerprint density at radius 2 is 1.60 bits per heavy atom. The maximum atomic E-state index is 13.7. The van der Waals surface area contributed by atoms with Gasteiger partial charge >= 0.3 is 0 Å². The normalized spacial score (nSPS) is 12.4. The van der Waals surface area contributed by atoms with Crippen LogP contribution in [0.2, 0.25) is 0 Å². The lowest BCUT2D eigenvalue weighted by molar-refractivity contribution is 0.631. The van der Waals surface area contributed by atoms with Gasteiger partial charge in [0.2, 0.25) is 0 Å². The maximum Gasteiger partial charge on any atom is 0.131 e. The topological polar surface area (TPSA) is 0 Å². The first kappa shape index (κ1) is 8.66. The van der Waals surface area contributed by atoms with Crippen LogP contribution in [0.3, 0.4) is 0 Å². The summed E-state index contributed by atoms with van der Waals surface area (Å²) in [5.41, 5.74) is 5.43. The van der Waals surface area contributed by atoms with Gasteiger partial charge in [-0.05, 0) is 41.7 Å². The standard InChI is InChI=1S/C14H11F/c1-9-4-2-5-10-8-11-6-3-7-12(15)14(11)13(9)10/h2-7H,8H2,1H3. The van der Waals surface area contributed by atoms with Crippen molar-refractivity contribution >= 4 is 0 Å². The molecule has 2 aromatic rings. The predicted molar refractivity (Wildman–Crippen MR) is 59.4 cm³/mol. The Morgan fingerprint density at radius 3 is 2.40 bits per heavy atom. The van der Waals surface area contributed by atoms with E-state index >= 15 is 0 Å². The zero-order valence-electron chi connectivity index (χ0n) is 8.55. The minimum absolute atomic E-state index is 0.0967. The molecule has 2 aromatic carbocycles. The highest BCUT2D eigenvalue weighted by Crippen LogP contribution is 2.39. The Labute approximate surface area is 88.4 Å². The number of hydrogen-bond acceptors (Lipinski definition) is 0. The van der Waals surface area contributed by atoms with Gasteiger partial charge in [0.15, 0.2) is 0 Å². The molecule has 0 fully saturated rings. The summed E-state index contributed by atoms with van der Waals surface area (Å²) in [4.78, 5) is 0. The number of aryl methyl sites for hydroxylation is 1. The fourth-order valence-electron chi connectivity index (χ4n) is 2.43. The minimum Gasteiger partial charge on any atom is -0.206 e. The molecule has 0 N–H and O–H groups in total. The third-order valence-electron chi connectivity index (χ3n) is 3.09. The van der Waals surface area contributed by atoms with E-state index in [1.165, 1.54) is 5.56 Å². The number of hydrogen-bond donors (Lipinski definition) is 0. The highest BCUT2D eigenvalue weighted by Gasteiger charge is 2.22. The lowest BCUT2D eigenvalue weighted by Gasteiger charge is -2.05. The van der Waals surface area contributed by atoms with Crippen molar-refractivity contribution in [3.8, 4) is 11.1 Å². The van der Waals surface area contributed by atoms with Gasteiger partial charge in [-0.1, -0.05) is 30.3 Å². The van der Waals surface area contributed by atoms with Crippen LogP contribution >= 0.6 is 0 Å². The summed E-state index contributed by atoms with van der Waals surface area (Å²) >= 11 is 0. The van der Waals surface area contributed by atoms with Crippen LogP contribution in [0.15, 0.2) is 36.4 Å². The van der Waals surface area contributed by atoms with Crippen molar-refractivity contribution in [2.45, 2.75) is 13.3 Å². The maximum absolute atomic E-state index is 13.7. The third kappa shape index (κ3) is 1.13. The van der Waals surface area contributed by atoms with Crippen molar-refractivity contribution in [2.75, 3.05) is 0 Å². The minimum atomic E-state index is -0.0967. The fourth-order valence-corrected chi connectivity index (χ4v) is 2.43. The Balaban J connectivity index is 2.39. The van der Waals surface area contributed by atoms with Crippen LogP contribution < -0.4 is 0 Å². The molecule has 0 amide bonds. The van der Waals surface area contributed by atoms with Crippen molar-refractivity contribution in [1.82, 2.24) is 0 Å². The van der Waals surface area contributed by atoms with Gasteiger partial charge in [-0.3, -0.25) is 0 Å². The molecular formula is C14H11F. The summed E-state index contributed by atoms with van der Waals surface area (Å²) in [6, 6.07) is 11.5. The van der Waals surface area contributed by atoms with Crippen LogP contribution in [0.5, 0.6) is 0 Å². The summed E-state index contributed by atoms with van der Waals surface area (Å²) in [6.45, 7) is 2.04. The number of benzene rings is 2. The largest absolute Gasteiger partial charge is 0.206 e. The summed E-state index contributed by atoms with van der Waals surface area (Å²) in [5, 5.41) is 0. The highest BCUT2D eigenvalue weighted by atomic mass is 19.1. The molecule has 0 nitrogen and oxygen atoms in total. The van der Waals surface area contributed by atoms with E-state index in [1.807, 2.05) is 25.1 Å². The zero-order chi connectivity index (χ0) is 10.4. The molecule has 3 rings (SSSR count). The van der Waals surface area contributed by atoms with Gasteiger partial charge in [0, 0.05) is 5.56 Å². The number of rotatable bonds is 0. The second kappa shape index (κ2) is 2.93. The zero-order valence-corrected chi connectivity index (χ0v) is 8.55. The van der Waals surface area contributed by atoms with Crippen molar-refractivity contribution < 1.29 is 4.39 Å². The molecule has 0 atom stereocenters. The second-order valence-electron chi connectivity index (χ2n) is 4.06. The summed E-state index contributed by atoms with van der Waals surface area (Å²) in [7, 11) is 0. The molecule has 0 radical (unpaired) electrons. The first-order chi connectivity index (χ1) is 7.27. The van der Waals surface area contributed by atoms with Crippen molar-refractivity contribution in [3.63, 3.8) is 0 Å². The number of halogens is 1. The second-order valence-corrected chi connectivity index (χ2v) is 4.06. The van der Waals surface area contributed by atoms with E-state index in [4.69, 9.17) is 0 Å². The quantitative estimate of drug-likeness (QED) is 0.516. The van der Waals surface area contributed by atoms with Crippen LogP contribution in [0.25, 0.3) is 11.1 Å². The van der Waals surface area contributed by atoms with Gasteiger partial charge in [0.25, 0.3) is 0 Å². The molecule has 1 heteroatoms. The van der Waals surface area contributed by atoms with Gasteiger partial charge in [-0.25, -0.2) is 4.39 Å². The molecule has 74 valence electrons. The summed E-state index contributed by atoms with van der Waals surface area (Å²) < 4.78 is 13.7. The molecule has 0 heterocycles. The van der Waals surface area contributed by atoms with E-state index in [-0.39, 0.29) is 5.82 Å². The van der Waals surface area contributed by atoms with Crippen molar-refractivity contribution in [1.29, 1.82) is 0 Å². The van der Waals surface area contributed by atoms with E-state index in [1.54, 1.807) is 12.1 Å². The molecule has 0 saturated carbocycles. The van der Waals surface area contributed by atoms with Gasteiger partial charge < -0.3 is 0 Å². The molecular weight excluding hydrogens is 187 g/mol. The molecule has 0 aliphatic heterocycles. The summed E-state index contributed by atoms with van der Waals surface area (Å²) in [5.74, 6) is -0.0967. The van der Waals surface area contributed by atoms with Gasteiger partial charge in [0.05, 0.1) is 0 Å². The lowest BCUT2D eigenvalue weighted by Crippen LogP contribution is -1.86. The smallest absolute Gasteiger partial charge is 0.131 e. The molecule has 15 heavy (non-hydrogen) atoms. The monoisotopic (exact) mass is 198 g/mol. The Bertz CT molecular complexity index is 492. The molecule has 1 aliphatic rings. The van der Waals surface area contributed by atoms with Crippen LogP contribution in [0.4, 0.5) is 4.39 Å². The van der Waals surface area contributed by atoms with E-state index in [0.717, 1.165) is 28.7 Å². The summed E-state index contributed by atoms with van der Waals surface area (Å²) in [6.07, 6.45) is 0.865. The van der Waals surface area contributed by atoms with E-state index in [2.05, 4.69) is 6.07 Å². The first-order valence-electron chi connectivity index (χ1n) is 5.13. The van der Waals surface area contributed by atoms with Crippen LogP contribution in [-0.2, 0) is 6.42 Å². The first-order valence-corrected chi connectivity index (χ1v) is 5.13. The van der Waals surface area contributed by atoms with Crippen molar-refractivity contribution in [3.05, 3.63) is 58.9 Å². The fraction of sp³-hybridized carbons (Fsp3) is 0.143. The third-order valence-corrected chi connectivity index (χ3v) is 3.09. The van der Waals surface area contributed by atoms with Gasteiger partial charge in [0.1, 0.15) is 5.82 Å². The molecule has 0 saturated heterocycles. The molecule has 0 unspecified atom stereocenters. The van der Waals surface area contributed by atoms with E-state index in [9.17, 15) is 4.39 Å². The van der Waals surface area contributed by atoms with E-state index < -0.39 is 0 Å². The molecule has 0 bridgehead atoms.